The Labute approximate surface area is 95.3 Å². The highest BCUT2D eigenvalue weighted by atomic mass is 16.7. The second-order valence-corrected chi connectivity index (χ2v) is 4.43. The van der Waals surface area contributed by atoms with Crippen molar-refractivity contribution in [2.75, 3.05) is 13.2 Å². The molecule has 1 aliphatic heterocycles. The molecule has 1 saturated carbocycles. The Balaban J connectivity index is 1.45. The topological polar surface area (TPSA) is 27.7 Å². The smallest absolute Gasteiger partial charge is 0.173 e. The minimum absolute atomic E-state index is 0.290. The maximum Gasteiger partial charge on any atom is 0.173 e. The van der Waals surface area contributed by atoms with Crippen LogP contribution in [-0.2, 0) is 20.8 Å². The SMILES string of the molecule is c1ccc(COC2CC3(C2)OCCO3)cc1. The molecule has 0 N–H and O–H groups in total. The van der Waals surface area contributed by atoms with Gasteiger partial charge in [0.25, 0.3) is 0 Å². The van der Waals surface area contributed by atoms with E-state index in [1.807, 2.05) is 18.2 Å². The van der Waals surface area contributed by atoms with Crippen LogP contribution in [0.15, 0.2) is 30.3 Å². The normalized spacial score (nSPS) is 23.5. The van der Waals surface area contributed by atoms with Gasteiger partial charge in [-0.1, -0.05) is 30.3 Å². The minimum atomic E-state index is -0.290. The van der Waals surface area contributed by atoms with Crippen molar-refractivity contribution in [3.63, 3.8) is 0 Å². The molecule has 1 aromatic rings. The molecule has 2 fully saturated rings. The molecular formula is C13H16O3. The molecule has 0 unspecified atom stereocenters. The zero-order valence-corrected chi connectivity index (χ0v) is 9.22. The Kier molecular flexibility index (Phi) is 2.67. The van der Waals surface area contributed by atoms with Crippen LogP contribution in [0.1, 0.15) is 18.4 Å². The van der Waals surface area contributed by atoms with Crippen molar-refractivity contribution < 1.29 is 14.2 Å². The third kappa shape index (κ3) is 1.98. The van der Waals surface area contributed by atoms with Crippen molar-refractivity contribution >= 4 is 0 Å². The van der Waals surface area contributed by atoms with Gasteiger partial charge in [-0.2, -0.15) is 0 Å². The quantitative estimate of drug-likeness (QED) is 0.780. The van der Waals surface area contributed by atoms with E-state index in [4.69, 9.17) is 14.2 Å². The molecular weight excluding hydrogens is 204 g/mol. The second-order valence-electron chi connectivity index (χ2n) is 4.43. The average molecular weight is 220 g/mol. The molecule has 1 spiro atoms. The average Bonchev–Trinajstić information content (AvgIpc) is 2.75. The fourth-order valence-corrected chi connectivity index (χ4v) is 2.27. The summed E-state index contributed by atoms with van der Waals surface area (Å²) in [6.07, 6.45) is 2.04. The van der Waals surface area contributed by atoms with Gasteiger partial charge in [-0.15, -0.1) is 0 Å². The van der Waals surface area contributed by atoms with E-state index >= 15 is 0 Å². The van der Waals surface area contributed by atoms with Crippen LogP contribution in [0.25, 0.3) is 0 Å². The number of ether oxygens (including phenoxy) is 3. The lowest BCUT2D eigenvalue weighted by molar-refractivity contribution is -0.257. The molecule has 0 atom stereocenters. The van der Waals surface area contributed by atoms with Crippen molar-refractivity contribution in [3.8, 4) is 0 Å². The van der Waals surface area contributed by atoms with Crippen molar-refractivity contribution in [2.45, 2.75) is 31.3 Å². The molecule has 1 heterocycles. The Morgan fingerprint density at radius 3 is 2.50 bits per heavy atom. The lowest BCUT2D eigenvalue weighted by Gasteiger charge is -2.42. The summed E-state index contributed by atoms with van der Waals surface area (Å²) in [6, 6.07) is 10.2. The van der Waals surface area contributed by atoms with E-state index in [2.05, 4.69) is 12.1 Å². The zero-order chi connectivity index (χ0) is 10.8. The molecule has 3 heteroatoms. The van der Waals surface area contributed by atoms with Crippen LogP contribution in [-0.4, -0.2) is 25.1 Å². The molecule has 1 aromatic carbocycles. The third-order valence-corrected chi connectivity index (χ3v) is 3.22. The van der Waals surface area contributed by atoms with E-state index < -0.39 is 0 Å². The van der Waals surface area contributed by atoms with Crippen LogP contribution >= 0.6 is 0 Å². The third-order valence-electron chi connectivity index (χ3n) is 3.22. The van der Waals surface area contributed by atoms with Crippen LogP contribution in [0.2, 0.25) is 0 Å². The van der Waals surface area contributed by atoms with E-state index in [-0.39, 0.29) is 5.79 Å². The number of hydrogen-bond acceptors (Lipinski definition) is 3. The molecule has 16 heavy (non-hydrogen) atoms. The first-order valence-corrected chi connectivity index (χ1v) is 5.80. The Morgan fingerprint density at radius 1 is 1.12 bits per heavy atom. The molecule has 0 amide bonds. The number of benzene rings is 1. The van der Waals surface area contributed by atoms with E-state index in [1.54, 1.807) is 0 Å². The highest BCUT2D eigenvalue weighted by Crippen LogP contribution is 2.41. The maximum atomic E-state index is 5.79. The second kappa shape index (κ2) is 4.17. The van der Waals surface area contributed by atoms with Crippen molar-refractivity contribution in [1.82, 2.24) is 0 Å². The van der Waals surface area contributed by atoms with Crippen LogP contribution in [0.3, 0.4) is 0 Å². The summed E-state index contributed by atoms with van der Waals surface area (Å²) in [5.74, 6) is -0.290. The molecule has 0 bridgehead atoms. The lowest BCUT2D eigenvalue weighted by atomic mass is 9.87. The van der Waals surface area contributed by atoms with Crippen molar-refractivity contribution in [2.24, 2.45) is 0 Å². The summed E-state index contributed by atoms with van der Waals surface area (Å²) in [7, 11) is 0. The van der Waals surface area contributed by atoms with Crippen molar-refractivity contribution in [3.05, 3.63) is 35.9 Å². The Hall–Kier alpha value is -0.900. The fraction of sp³-hybridized carbons (Fsp3) is 0.538. The van der Waals surface area contributed by atoms with Gasteiger partial charge < -0.3 is 14.2 Å². The summed E-state index contributed by atoms with van der Waals surface area (Å²) in [6.45, 7) is 2.14. The minimum Gasteiger partial charge on any atom is -0.373 e. The van der Waals surface area contributed by atoms with Gasteiger partial charge in [0.15, 0.2) is 5.79 Å². The molecule has 2 aliphatic rings. The molecule has 0 aromatic heterocycles. The van der Waals surface area contributed by atoms with Gasteiger partial charge in [0.2, 0.25) is 0 Å². The molecule has 86 valence electrons. The van der Waals surface area contributed by atoms with Crippen LogP contribution < -0.4 is 0 Å². The first kappa shape index (κ1) is 10.3. The lowest BCUT2D eigenvalue weighted by Crippen LogP contribution is -2.49. The highest BCUT2D eigenvalue weighted by Gasteiger charge is 2.49. The summed E-state index contributed by atoms with van der Waals surface area (Å²) in [4.78, 5) is 0. The van der Waals surface area contributed by atoms with E-state index in [0.717, 1.165) is 26.1 Å². The predicted octanol–water partition coefficient (Wildman–Crippen LogP) is 2.11. The molecule has 0 radical (unpaired) electrons. The Morgan fingerprint density at radius 2 is 1.81 bits per heavy atom. The van der Waals surface area contributed by atoms with Gasteiger partial charge in [-0.05, 0) is 5.56 Å². The number of rotatable bonds is 3. The van der Waals surface area contributed by atoms with Gasteiger partial charge >= 0.3 is 0 Å². The van der Waals surface area contributed by atoms with Gasteiger partial charge in [0, 0.05) is 12.8 Å². The predicted molar refractivity (Wildman–Crippen MR) is 58.9 cm³/mol. The zero-order valence-electron chi connectivity index (χ0n) is 9.22. The summed E-state index contributed by atoms with van der Waals surface area (Å²) in [5, 5.41) is 0. The van der Waals surface area contributed by atoms with E-state index in [0.29, 0.717) is 12.7 Å². The summed E-state index contributed by atoms with van der Waals surface area (Å²) < 4.78 is 16.9. The van der Waals surface area contributed by atoms with Gasteiger partial charge in [0.1, 0.15) is 0 Å². The van der Waals surface area contributed by atoms with Crippen LogP contribution in [0, 0.1) is 0 Å². The van der Waals surface area contributed by atoms with Crippen LogP contribution in [0.4, 0.5) is 0 Å². The monoisotopic (exact) mass is 220 g/mol. The number of hydrogen-bond donors (Lipinski definition) is 0. The van der Waals surface area contributed by atoms with Gasteiger partial charge in [-0.3, -0.25) is 0 Å². The molecule has 3 rings (SSSR count). The fourth-order valence-electron chi connectivity index (χ4n) is 2.27. The van der Waals surface area contributed by atoms with Gasteiger partial charge in [0.05, 0.1) is 25.9 Å². The van der Waals surface area contributed by atoms with Crippen molar-refractivity contribution in [1.29, 1.82) is 0 Å². The summed E-state index contributed by atoms with van der Waals surface area (Å²) >= 11 is 0. The maximum absolute atomic E-state index is 5.79. The molecule has 1 saturated heterocycles. The highest BCUT2D eigenvalue weighted by molar-refractivity contribution is 5.13. The standard InChI is InChI=1S/C13H16O3/c1-2-4-11(5-3-1)10-14-12-8-13(9-12)15-6-7-16-13/h1-5,12H,6-10H2. The first-order chi connectivity index (χ1) is 7.86. The first-order valence-electron chi connectivity index (χ1n) is 5.80. The molecule has 3 nitrogen and oxygen atoms in total. The largest absolute Gasteiger partial charge is 0.373 e. The van der Waals surface area contributed by atoms with Crippen LogP contribution in [0.5, 0.6) is 0 Å². The van der Waals surface area contributed by atoms with E-state index in [1.165, 1.54) is 5.56 Å². The van der Waals surface area contributed by atoms with E-state index in [9.17, 15) is 0 Å². The summed E-state index contributed by atoms with van der Waals surface area (Å²) in [5.41, 5.74) is 1.22. The van der Waals surface area contributed by atoms with Gasteiger partial charge in [-0.25, -0.2) is 0 Å². The molecule has 1 aliphatic carbocycles. The Bertz CT molecular complexity index is 335.